The molecule has 0 saturated heterocycles. The third-order valence-electron chi connectivity index (χ3n) is 5.20. The van der Waals surface area contributed by atoms with Crippen LogP contribution in [0.3, 0.4) is 0 Å². The Balaban J connectivity index is 1.48. The number of nitrogens with zero attached hydrogens (tertiary/aromatic N) is 1. The number of carbonyl (C=O) groups excluding carboxylic acids is 2. The molecule has 0 radical (unpaired) electrons. The van der Waals surface area contributed by atoms with Crippen molar-refractivity contribution in [2.45, 2.75) is 12.5 Å². The maximum atomic E-state index is 13.2. The number of anilines is 1. The Kier molecular flexibility index (Phi) is 6.17. The number of fused-ring (bicyclic) bond motifs is 1. The molecule has 0 bridgehead atoms. The van der Waals surface area contributed by atoms with Gasteiger partial charge >= 0.3 is 0 Å². The van der Waals surface area contributed by atoms with E-state index in [2.05, 4.69) is 5.32 Å². The molecule has 3 aromatic rings. The van der Waals surface area contributed by atoms with Crippen LogP contribution >= 0.6 is 0 Å². The Labute approximate surface area is 181 Å². The predicted molar refractivity (Wildman–Crippen MR) is 119 cm³/mol. The Morgan fingerprint density at radius 3 is 2.45 bits per heavy atom. The zero-order chi connectivity index (χ0) is 21.6. The van der Waals surface area contributed by atoms with Crippen molar-refractivity contribution in [3.63, 3.8) is 0 Å². The topological polar surface area (TPSA) is 67.9 Å². The molecule has 1 heterocycles. The van der Waals surface area contributed by atoms with Gasteiger partial charge in [0.15, 0.2) is 6.10 Å². The molecular formula is C25H24N2O4. The first-order chi connectivity index (χ1) is 15.2. The van der Waals surface area contributed by atoms with Crippen molar-refractivity contribution in [1.29, 1.82) is 0 Å². The molecule has 2 amide bonds. The van der Waals surface area contributed by atoms with Gasteiger partial charge < -0.3 is 19.7 Å². The quantitative estimate of drug-likeness (QED) is 0.668. The lowest BCUT2D eigenvalue weighted by molar-refractivity contribution is -0.127. The first-order valence-corrected chi connectivity index (χ1v) is 10.2. The van der Waals surface area contributed by atoms with Crippen LogP contribution < -0.4 is 19.7 Å². The Morgan fingerprint density at radius 2 is 1.71 bits per heavy atom. The highest BCUT2D eigenvalue weighted by molar-refractivity contribution is 6.08. The summed E-state index contributed by atoms with van der Waals surface area (Å²) in [6, 6.07) is 24.1. The Bertz CT molecular complexity index is 1050. The van der Waals surface area contributed by atoms with Crippen molar-refractivity contribution in [3.8, 4) is 11.5 Å². The minimum Gasteiger partial charge on any atom is -0.497 e. The standard InChI is InChI=1S/C25H24N2O4/c1-30-20-13-11-19(12-14-20)25(29)27-17-23(31-22-10-6-5-9-21(22)27)24(28)26-16-15-18-7-3-2-4-8-18/h2-14,23H,15-17H2,1H3,(H,26,28)/t23-/m1/s1. The molecule has 31 heavy (non-hydrogen) atoms. The van der Waals surface area contributed by atoms with E-state index in [-0.39, 0.29) is 18.4 Å². The highest BCUT2D eigenvalue weighted by Gasteiger charge is 2.34. The van der Waals surface area contributed by atoms with Gasteiger partial charge in [-0.2, -0.15) is 0 Å². The third kappa shape index (κ3) is 4.69. The van der Waals surface area contributed by atoms with Crippen LogP contribution in [0.15, 0.2) is 78.9 Å². The smallest absolute Gasteiger partial charge is 0.262 e. The summed E-state index contributed by atoms with van der Waals surface area (Å²) in [5.74, 6) is 0.756. The van der Waals surface area contributed by atoms with Gasteiger partial charge in [-0.05, 0) is 48.4 Å². The lowest BCUT2D eigenvalue weighted by Gasteiger charge is -2.34. The van der Waals surface area contributed by atoms with Gasteiger partial charge in [-0.25, -0.2) is 0 Å². The maximum Gasteiger partial charge on any atom is 0.262 e. The molecule has 0 spiro atoms. The Hall–Kier alpha value is -3.80. The fourth-order valence-corrected chi connectivity index (χ4v) is 3.54. The van der Waals surface area contributed by atoms with Crippen LogP contribution in [0, 0.1) is 0 Å². The minimum absolute atomic E-state index is 0.138. The fourth-order valence-electron chi connectivity index (χ4n) is 3.54. The number of methoxy groups -OCH3 is 1. The van der Waals surface area contributed by atoms with E-state index in [4.69, 9.17) is 9.47 Å². The van der Waals surface area contributed by atoms with E-state index in [1.807, 2.05) is 48.5 Å². The van der Waals surface area contributed by atoms with E-state index < -0.39 is 6.10 Å². The predicted octanol–water partition coefficient (Wildman–Crippen LogP) is 3.46. The summed E-state index contributed by atoms with van der Waals surface area (Å²) in [6.45, 7) is 0.635. The van der Waals surface area contributed by atoms with Crippen molar-refractivity contribution >= 4 is 17.5 Å². The molecule has 0 fully saturated rings. The van der Waals surface area contributed by atoms with Crippen LogP contribution in [0.25, 0.3) is 0 Å². The summed E-state index contributed by atoms with van der Waals surface area (Å²) >= 11 is 0. The monoisotopic (exact) mass is 416 g/mol. The molecule has 0 aliphatic carbocycles. The molecule has 4 rings (SSSR count). The van der Waals surface area contributed by atoms with Crippen molar-refractivity contribution in [2.75, 3.05) is 25.1 Å². The molecule has 3 aromatic carbocycles. The van der Waals surface area contributed by atoms with Crippen molar-refractivity contribution in [3.05, 3.63) is 90.0 Å². The van der Waals surface area contributed by atoms with Crippen LogP contribution in [-0.4, -0.2) is 38.1 Å². The number of rotatable bonds is 6. The van der Waals surface area contributed by atoms with E-state index in [1.165, 1.54) is 0 Å². The molecule has 1 atom stereocenters. The summed E-state index contributed by atoms with van der Waals surface area (Å²) < 4.78 is 11.1. The summed E-state index contributed by atoms with van der Waals surface area (Å²) in [6.07, 6.45) is -0.0578. The van der Waals surface area contributed by atoms with Crippen LogP contribution in [0.4, 0.5) is 5.69 Å². The molecule has 1 aliphatic heterocycles. The molecule has 158 valence electrons. The highest BCUT2D eigenvalue weighted by Crippen LogP contribution is 2.34. The first-order valence-electron chi connectivity index (χ1n) is 10.2. The van der Waals surface area contributed by atoms with Crippen molar-refractivity contribution in [2.24, 2.45) is 0 Å². The molecule has 6 nitrogen and oxygen atoms in total. The van der Waals surface area contributed by atoms with Gasteiger partial charge in [-0.1, -0.05) is 42.5 Å². The zero-order valence-electron chi connectivity index (χ0n) is 17.3. The third-order valence-corrected chi connectivity index (χ3v) is 5.20. The van der Waals surface area contributed by atoms with E-state index in [0.29, 0.717) is 29.3 Å². The van der Waals surface area contributed by atoms with Gasteiger partial charge in [0, 0.05) is 12.1 Å². The second kappa shape index (κ2) is 9.34. The molecule has 1 aliphatic rings. The average molecular weight is 416 g/mol. The number of benzene rings is 3. The van der Waals surface area contributed by atoms with E-state index in [1.54, 1.807) is 42.3 Å². The second-order valence-electron chi connectivity index (χ2n) is 7.25. The minimum atomic E-state index is -0.784. The number of nitrogens with one attached hydrogen (secondary N) is 1. The van der Waals surface area contributed by atoms with E-state index in [9.17, 15) is 9.59 Å². The van der Waals surface area contributed by atoms with Crippen molar-refractivity contribution < 1.29 is 19.1 Å². The molecule has 0 unspecified atom stereocenters. The lowest BCUT2D eigenvalue weighted by Crippen LogP contribution is -2.51. The molecule has 1 N–H and O–H groups in total. The largest absolute Gasteiger partial charge is 0.497 e. The number of hydrogen-bond donors (Lipinski definition) is 1. The van der Waals surface area contributed by atoms with E-state index >= 15 is 0 Å². The van der Waals surface area contributed by atoms with Crippen LogP contribution in [0.2, 0.25) is 0 Å². The summed E-state index contributed by atoms with van der Waals surface area (Å²) in [7, 11) is 1.58. The lowest BCUT2D eigenvalue weighted by atomic mass is 10.1. The van der Waals surface area contributed by atoms with Crippen LogP contribution in [0.5, 0.6) is 11.5 Å². The Morgan fingerprint density at radius 1 is 1.00 bits per heavy atom. The SMILES string of the molecule is COc1ccc(C(=O)N2C[C@H](C(=O)NCCc3ccccc3)Oc3ccccc32)cc1. The van der Waals surface area contributed by atoms with Gasteiger partial charge in [0.25, 0.3) is 11.8 Å². The first kappa shape index (κ1) is 20.5. The second-order valence-corrected chi connectivity index (χ2v) is 7.25. The van der Waals surface area contributed by atoms with Gasteiger partial charge in [0.1, 0.15) is 11.5 Å². The average Bonchev–Trinajstić information content (AvgIpc) is 2.83. The summed E-state index contributed by atoms with van der Waals surface area (Å²) in [5.41, 5.74) is 2.31. The van der Waals surface area contributed by atoms with Gasteiger partial charge in [-0.15, -0.1) is 0 Å². The molecule has 6 heteroatoms. The van der Waals surface area contributed by atoms with Crippen molar-refractivity contribution in [1.82, 2.24) is 5.32 Å². The summed E-state index contributed by atoms with van der Waals surface area (Å²) in [5, 5.41) is 2.93. The van der Waals surface area contributed by atoms with Gasteiger partial charge in [0.2, 0.25) is 0 Å². The molecular weight excluding hydrogens is 392 g/mol. The molecule has 0 saturated carbocycles. The van der Waals surface area contributed by atoms with Crippen LogP contribution in [-0.2, 0) is 11.2 Å². The molecule has 0 aromatic heterocycles. The van der Waals surface area contributed by atoms with Crippen LogP contribution in [0.1, 0.15) is 15.9 Å². The van der Waals surface area contributed by atoms with Gasteiger partial charge in [-0.3, -0.25) is 9.59 Å². The zero-order valence-corrected chi connectivity index (χ0v) is 17.3. The maximum absolute atomic E-state index is 13.2. The number of ether oxygens (including phenoxy) is 2. The normalized spacial score (nSPS) is 14.9. The van der Waals surface area contributed by atoms with E-state index in [0.717, 1.165) is 12.0 Å². The fraction of sp³-hybridized carbons (Fsp3) is 0.200. The number of carbonyl (C=O) groups is 2. The number of hydrogen-bond acceptors (Lipinski definition) is 4. The van der Waals surface area contributed by atoms with Gasteiger partial charge in [0.05, 0.1) is 19.3 Å². The highest BCUT2D eigenvalue weighted by atomic mass is 16.5. The number of amides is 2. The summed E-state index contributed by atoms with van der Waals surface area (Å²) in [4.78, 5) is 27.6. The number of para-hydroxylation sites is 2.